The van der Waals surface area contributed by atoms with Crippen molar-refractivity contribution in [1.29, 1.82) is 0 Å². The minimum Gasteiger partial charge on any atom is -0.360 e. The largest absolute Gasteiger partial charge is 0.360 e. The third kappa shape index (κ3) is 12.8. The fraction of sp³-hybridized carbons (Fsp3) is 0.935. The summed E-state index contributed by atoms with van der Waals surface area (Å²) in [4.78, 5) is 46.5. The predicted molar refractivity (Wildman–Crippen MR) is 235 cm³/mol. The molecule has 3 unspecified atom stereocenters. The van der Waals surface area contributed by atoms with Gasteiger partial charge in [0.2, 0.25) is 0 Å². The Morgan fingerprint density at radius 2 is 0.724 bits per heavy atom. The quantitative estimate of drug-likeness (QED) is 0.372. The van der Waals surface area contributed by atoms with Crippen LogP contribution in [0.3, 0.4) is 0 Å². The normalized spacial score (nSPS) is 30.2. The van der Waals surface area contributed by atoms with Crippen molar-refractivity contribution in [3.63, 3.8) is 0 Å². The SMILES string of the molecule is CC.CC.CC.CC.CN1CCC(C2CN(C)C(=O)C3(CC3)O2)CC1.CN1CCC(C2CN(C)C(=O)C3(CC3)O2)CC1.CN1CCC(C2CNC(=O)C3(CC3)O2)CC1. The van der Waals surface area contributed by atoms with Crippen LogP contribution in [-0.2, 0) is 28.6 Å². The highest BCUT2D eigenvalue weighted by Crippen LogP contribution is 2.47. The molecule has 12 nitrogen and oxygen atoms in total. The Bertz CT molecular complexity index is 1170. The molecular formula is C46H88N6O6. The number of amides is 3. The number of ether oxygens (including phenoxy) is 3. The first-order valence-corrected chi connectivity index (χ1v) is 23.8. The van der Waals surface area contributed by atoms with Crippen LogP contribution in [0.5, 0.6) is 0 Å². The van der Waals surface area contributed by atoms with Gasteiger partial charge < -0.3 is 44.0 Å². The van der Waals surface area contributed by atoms with Gasteiger partial charge in [-0.1, -0.05) is 55.4 Å². The third-order valence-corrected chi connectivity index (χ3v) is 13.4. The molecule has 9 aliphatic rings. The molecule has 3 spiro atoms. The number of piperidine rings is 3. The summed E-state index contributed by atoms with van der Waals surface area (Å²) < 4.78 is 18.3. The molecule has 6 heterocycles. The molecule has 338 valence electrons. The van der Waals surface area contributed by atoms with Gasteiger partial charge in [-0.05, 0) is 155 Å². The number of hydrogen-bond acceptors (Lipinski definition) is 9. The van der Waals surface area contributed by atoms with E-state index < -0.39 is 16.8 Å². The van der Waals surface area contributed by atoms with Crippen LogP contribution < -0.4 is 5.32 Å². The van der Waals surface area contributed by atoms with Crippen LogP contribution in [0.1, 0.15) is 132 Å². The van der Waals surface area contributed by atoms with E-state index in [-0.39, 0.29) is 36.0 Å². The maximum absolute atomic E-state index is 12.0. The molecule has 3 aliphatic carbocycles. The molecule has 0 radical (unpaired) electrons. The van der Waals surface area contributed by atoms with Crippen molar-refractivity contribution in [2.45, 2.75) is 168 Å². The van der Waals surface area contributed by atoms with Crippen molar-refractivity contribution in [3.05, 3.63) is 0 Å². The van der Waals surface area contributed by atoms with Gasteiger partial charge in [0, 0.05) is 33.7 Å². The Morgan fingerprint density at radius 3 is 1.02 bits per heavy atom. The van der Waals surface area contributed by atoms with Crippen molar-refractivity contribution in [3.8, 4) is 0 Å². The van der Waals surface area contributed by atoms with Gasteiger partial charge in [0.05, 0.1) is 18.3 Å². The minimum absolute atomic E-state index is 0.122. The van der Waals surface area contributed by atoms with Gasteiger partial charge in [0.15, 0.2) is 0 Å². The summed E-state index contributed by atoms with van der Waals surface area (Å²) in [5.41, 5.74) is -1.21. The molecule has 0 bridgehead atoms. The maximum Gasteiger partial charge on any atom is 0.254 e. The second kappa shape index (κ2) is 23.4. The maximum atomic E-state index is 12.0. The van der Waals surface area contributed by atoms with Crippen LogP contribution in [0.15, 0.2) is 0 Å². The van der Waals surface area contributed by atoms with Crippen molar-refractivity contribution in [1.82, 2.24) is 29.8 Å². The number of nitrogens with one attached hydrogen (secondary N) is 1. The molecular weight excluding hydrogens is 733 g/mol. The monoisotopic (exact) mass is 821 g/mol. The van der Waals surface area contributed by atoms with Gasteiger partial charge in [0.25, 0.3) is 17.7 Å². The minimum atomic E-state index is -0.410. The average Bonchev–Trinajstić information content (AvgIpc) is 4.18. The van der Waals surface area contributed by atoms with Crippen LogP contribution in [0.2, 0.25) is 0 Å². The van der Waals surface area contributed by atoms with Crippen LogP contribution in [0.25, 0.3) is 0 Å². The molecule has 1 N–H and O–H groups in total. The summed E-state index contributed by atoms with van der Waals surface area (Å²) >= 11 is 0. The highest BCUT2D eigenvalue weighted by Gasteiger charge is 2.59. The number of carbonyl (C=O) groups excluding carboxylic acids is 3. The Hall–Kier alpha value is -1.83. The first-order chi connectivity index (χ1) is 27.9. The van der Waals surface area contributed by atoms with Crippen molar-refractivity contribution >= 4 is 17.7 Å². The molecule has 0 aromatic carbocycles. The van der Waals surface area contributed by atoms with E-state index in [9.17, 15) is 14.4 Å². The molecule has 0 aromatic heterocycles. The number of carbonyl (C=O) groups is 3. The van der Waals surface area contributed by atoms with E-state index in [2.05, 4.69) is 41.2 Å². The van der Waals surface area contributed by atoms with E-state index in [0.29, 0.717) is 17.8 Å². The van der Waals surface area contributed by atoms with Crippen LogP contribution >= 0.6 is 0 Å². The van der Waals surface area contributed by atoms with Gasteiger partial charge >= 0.3 is 0 Å². The molecule has 3 atom stereocenters. The average molecular weight is 821 g/mol. The van der Waals surface area contributed by atoms with Gasteiger partial charge in [-0.2, -0.15) is 0 Å². The zero-order chi connectivity index (χ0) is 43.3. The lowest BCUT2D eigenvalue weighted by molar-refractivity contribution is -0.172. The Balaban J connectivity index is 0.000000214. The van der Waals surface area contributed by atoms with Gasteiger partial charge in [-0.25, -0.2) is 0 Å². The van der Waals surface area contributed by atoms with Crippen molar-refractivity contribution < 1.29 is 28.6 Å². The topological polar surface area (TPSA) is 107 Å². The smallest absolute Gasteiger partial charge is 0.254 e. The molecule has 0 aromatic rings. The first kappa shape index (κ1) is 50.5. The molecule has 9 fully saturated rings. The van der Waals surface area contributed by atoms with E-state index in [1.807, 2.05) is 79.3 Å². The summed E-state index contributed by atoms with van der Waals surface area (Å²) in [6.07, 6.45) is 13.6. The Kier molecular flexibility index (Phi) is 20.4. The molecule has 6 aliphatic heterocycles. The van der Waals surface area contributed by atoms with Gasteiger partial charge in [-0.15, -0.1) is 0 Å². The Morgan fingerprint density at radius 1 is 0.448 bits per heavy atom. The fourth-order valence-electron chi connectivity index (χ4n) is 9.20. The molecule has 3 saturated carbocycles. The number of likely N-dealkylation sites (N-methyl/N-ethyl adjacent to an activating group) is 2. The van der Waals surface area contributed by atoms with Crippen LogP contribution in [0, 0.1) is 17.8 Å². The number of morpholine rings is 3. The molecule has 9 rings (SSSR count). The van der Waals surface area contributed by atoms with Crippen molar-refractivity contribution in [2.75, 3.05) is 94.1 Å². The zero-order valence-corrected chi connectivity index (χ0v) is 39.5. The lowest BCUT2D eigenvalue weighted by atomic mass is 9.90. The Labute approximate surface area is 354 Å². The summed E-state index contributed by atoms with van der Waals surface area (Å²) in [5.74, 6) is 2.45. The predicted octanol–water partition coefficient (Wildman–Crippen LogP) is 5.92. The zero-order valence-electron chi connectivity index (χ0n) is 39.5. The highest BCUT2D eigenvalue weighted by molar-refractivity contribution is 5.89. The van der Waals surface area contributed by atoms with E-state index in [1.54, 1.807) is 0 Å². The fourth-order valence-corrected chi connectivity index (χ4v) is 9.20. The second-order valence-electron chi connectivity index (χ2n) is 17.5. The second-order valence-corrected chi connectivity index (χ2v) is 17.5. The number of hydrogen-bond donors (Lipinski definition) is 1. The number of nitrogens with zero attached hydrogens (tertiary/aromatic N) is 5. The van der Waals surface area contributed by atoms with Crippen LogP contribution in [0.4, 0.5) is 0 Å². The third-order valence-electron chi connectivity index (χ3n) is 13.4. The standard InChI is InChI=1S/2C13H22N2O2.C12H20N2O2.4C2H6/c2*1-14-7-3-10(4-8-14)11-9-15(2)12(16)13(17-11)5-6-13;1-14-6-2-9(3-7-14)10-8-13-11(15)12(16-10)4-5-12;4*1-2/h2*10-11H,3-9H2,1-2H3;9-10H,2-8H2,1H3,(H,13,15);4*1-2H3. The van der Waals surface area contributed by atoms with E-state index in [4.69, 9.17) is 14.2 Å². The van der Waals surface area contributed by atoms with E-state index >= 15 is 0 Å². The molecule has 12 heteroatoms. The van der Waals surface area contributed by atoms with Crippen LogP contribution in [-0.4, -0.2) is 171 Å². The molecule has 3 amide bonds. The molecule has 6 saturated heterocycles. The molecule has 58 heavy (non-hydrogen) atoms. The van der Waals surface area contributed by atoms with Crippen molar-refractivity contribution in [2.24, 2.45) is 17.8 Å². The highest BCUT2D eigenvalue weighted by atomic mass is 16.5. The lowest BCUT2D eigenvalue weighted by Gasteiger charge is -2.42. The summed E-state index contributed by atoms with van der Waals surface area (Å²) in [6, 6.07) is 0. The number of rotatable bonds is 3. The van der Waals surface area contributed by atoms with E-state index in [0.717, 1.165) is 97.4 Å². The first-order valence-electron chi connectivity index (χ1n) is 23.8. The summed E-state index contributed by atoms with van der Waals surface area (Å²) in [6.45, 7) is 25.3. The summed E-state index contributed by atoms with van der Waals surface area (Å²) in [7, 11) is 10.4. The lowest BCUT2D eigenvalue weighted by Crippen LogP contribution is -2.54. The van der Waals surface area contributed by atoms with Gasteiger partial charge in [0.1, 0.15) is 16.8 Å². The summed E-state index contributed by atoms with van der Waals surface area (Å²) in [5, 5.41) is 3.02. The number of likely N-dealkylation sites (tertiary alicyclic amines) is 3. The van der Waals surface area contributed by atoms with E-state index in [1.165, 1.54) is 38.5 Å². The van der Waals surface area contributed by atoms with Gasteiger partial charge in [-0.3, -0.25) is 14.4 Å².